The zero-order chi connectivity index (χ0) is 18.2. The molecule has 0 aliphatic heterocycles. The molecule has 136 valence electrons. The molecule has 25 heavy (non-hydrogen) atoms. The van der Waals surface area contributed by atoms with E-state index < -0.39 is 0 Å². The SMILES string of the molecule is C=C(c1ccccc1)c1ccccc1.CCCCCOCCCCC. The van der Waals surface area contributed by atoms with Crippen molar-refractivity contribution >= 4 is 5.57 Å². The minimum absolute atomic E-state index is 0.970. The molecule has 0 unspecified atom stereocenters. The van der Waals surface area contributed by atoms with Gasteiger partial charge in [-0.05, 0) is 29.5 Å². The summed E-state index contributed by atoms with van der Waals surface area (Å²) in [4.78, 5) is 0. The summed E-state index contributed by atoms with van der Waals surface area (Å²) in [5.74, 6) is 0. The summed E-state index contributed by atoms with van der Waals surface area (Å²) in [5, 5.41) is 0. The van der Waals surface area contributed by atoms with Crippen LogP contribution in [-0.4, -0.2) is 13.2 Å². The number of hydrogen-bond acceptors (Lipinski definition) is 1. The van der Waals surface area contributed by atoms with E-state index in [9.17, 15) is 0 Å². The van der Waals surface area contributed by atoms with E-state index in [1.165, 1.54) is 49.7 Å². The molecule has 0 aliphatic rings. The van der Waals surface area contributed by atoms with Gasteiger partial charge in [-0.2, -0.15) is 0 Å². The lowest BCUT2D eigenvalue weighted by atomic mass is 10.0. The van der Waals surface area contributed by atoms with Crippen molar-refractivity contribution in [1.29, 1.82) is 0 Å². The topological polar surface area (TPSA) is 9.23 Å². The van der Waals surface area contributed by atoms with Crippen LogP contribution in [0.4, 0.5) is 0 Å². The van der Waals surface area contributed by atoms with Gasteiger partial charge in [-0.25, -0.2) is 0 Å². The molecule has 1 heteroatoms. The Morgan fingerprint density at radius 3 is 1.44 bits per heavy atom. The van der Waals surface area contributed by atoms with Gasteiger partial charge in [0.25, 0.3) is 0 Å². The van der Waals surface area contributed by atoms with Crippen molar-refractivity contribution in [3.8, 4) is 0 Å². The van der Waals surface area contributed by atoms with Crippen molar-refractivity contribution < 1.29 is 4.74 Å². The second-order valence-corrected chi connectivity index (χ2v) is 6.24. The van der Waals surface area contributed by atoms with Crippen LogP contribution < -0.4 is 0 Å². The summed E-state index contributed by atoms with van der Waals surface area (Å²) in [7, 11) is 0. The van der Waals surface area contributed by atoms with Crippen LogP contribution in [0, 0.1) is 0 Å². The molecule has 0 saturated heterocycles. The van der Waals surface area contributed by atoms with Crippen molar-refractivity contribution in [2.45, 2.75) is 52.4 Å². The van der Waals surface area contributed by atoms with Gasteiger partial charge in [-0.15, -0.1) is 0 Å². The van der Waals surface area contributed by atoms with E-state index in [0.29, 0.717) is 0 Å². The molecule has 2 aromatic carbocycles. The van der Waals surface area contributed by atoms with Gasteiger partial charge in [0.15, 0.2) is 0 Å². The van der Waals surface area contributed by atoms with Gasteiger partial charge in [0.2, 0.25) is 0 Å². The van der Waals surface area contributed by atoms with Crippen molar-refractivity contribution in [3.05, 3.63) is 78.4 Å². The minimum Gasteiger partial charge on any atom is -0.381 e. The van der Waals surface area contributed by atoms with E-state index >= 15 is 0 Å². The molecular weight excluding hydrogens is 304 g/mol. The largest absolute Gasteiger partial charge is 0.381 e. The molecule has 0 bridgehead atoms. The van der Waals surface area contributed by atoms with E-state index in [1.54, 1.807) is 0 Å². The van der Waals surface area contributed by atoms with Crippen LogP contribution in [0.1, 0.15) is 63.5 Å². The Balaban J connectivity index is 0.000000260. The molecule has 0 radical (unpaired) electrons. The molecule has 0 amide bonds. The minimum atomic E-state index is 0.970. The number of ether oxygens (including phenoxy) is 1. The lowest BCUT2D eigenvalue weighted by Gasteiger charge is -2.04. The molecule has 0 aromatic heterocycles. The van der Waals surface area contributed by atoms with Crippen LogP contribution >= 0.6 is 0 Å². The van der Waals surface area contributed by atoms with Crippen LogP contribution in [0.15, 0.2) is 67.2 Å². The third-order valence-corrected chi connectivity index (χ3v) is 4.03. The normalized spacial score (nSPS) is 10.0. The average Bonchev–Trinajstić information content (AvgIpc) is 2.69. The first-order chi connectivity index (χ1) is 12.3. The summed E-state index contributed by atoms with van der Waals surface area (Å²) in [6.07, 6.45) is 7.68. The molecule has 2 aromatic rings. The Morgan fingerprint density at radius 2 is 1.08 bits per heavy atom. The van der Waals surface area contributed by atoms with E-state index in [4.69, 9.17) is 4.74 Å². The Hall–Kier alpha value is -1.86. The van der Waals surface area contributed by atoms with E-state index in [-0.39, 0.29) is 0 Å². The van der Waals surface area contributed by atoms with Crippen LogP contribution in [-0.2, 0) is 4.74 Å². The van der Waals surface area contributed by atoms with E-state index in [1.807, 2.05) is 36.4 Å². The predicted octanol–water partition coefficient (Wildman–Crippen LogP) is 7.13. The molecule has 0 fully saturated rings. The van der Waals surface area contributed by atoms with Gasteiger partial charge < -0.3 is 4.74 Å². The first-order valence-corrected chi connectivity index (χ1v) is 9.67. The monoisotopic (exact) mass is 338 g/mol. The van der Waals surface area contributed by atoms with Crippen molar-refractivity contribution in [3.63, 3.8) is 0 Å². The Bertz CT molecular complexity index is 495. The van der Waals surface area contributed by atoms with Crippen molar-refractivity contribution in [2.24, 2.45) is 0 Å². The van der Waals surface area contributed by atoms with Gasteiger partial charge in [0.05, 0.1) is 0 Å². The van der Waals surface area contributed by atoms with E-state index in [2.05, 4.69) is 44.7 Å². The Kier molecular flexibility index (Phi) is 12.3. The predicted molar refractivity (Wildman–Crippen MR) is 111 cm³/mol. The average molecular weight is 339 g/mol. The standard InChI is InChI=1S/C14H12.C10H22O/c1-12(13-8-4-2-5-9-13)14-10-6-3-7-11-14;1-3-5-7-9-11-10-8-6-4-2/h2-11H,1H2;3-10H2,1-2H3. The number of benzene rings is 2. The number of unbranched alkanes of at least 4 members (excludes halogenated alkanes) is 4. The highest BCUT2D eigenvalue weighted by molar-refractivity contribution is 5.77. The Morgan fingerprint density at radius 1 is 0.680 bits per heavy atom. The molecule has 0 N–H and O–H groups in total. The summed E-state index contributed by atoms with van der Waals surface area (Å²) in [5.41, 5.74) is 3.43. The first kappa shape index (κ1) is 21.2. The summed E-state index contributed by atoms with van der Waals surface area (Å²) in [6, 6.07) is 20.5. The quantitative estimate of drug-likeness (QED) is 0.419. The Labute approximate surface area is 154 Å². The van der Waals surface area contributed by atoms with Gasteiger partial charge >= 0.3 is 0 Å². The summed E-state index contributed by atoms with van der Waals surface area (Å²) >= 11 is 0. The highest BCUT2D eigenvalue weighted by Gasteiger charge is 1.99. The second kappa shape index (κ2) is 14.5. The molecular formula is C24H34O. The van der Waals surface area contributed by atoms with Gasteiger partial charge in [0, 0.05) is 13.2 Å². The highest BCUT2D eigenvalue weighted by Crippen LogP contribution is 2.20. The van der Waals surface area contributed by atoms with Crippen molar-refractivity contribution in [1.82, 2.24) is 0 Å². The van der Waals surface area contributed by atoms with Crippen LogP contribution in [0.3, 0.4) is 0 Å². The van der Waals surface area contributed by atoms with Gasteiger partial charge in [-0.3, -0.25) is 0 Å². The van der Waals surface area contributed by atoms with E-state index in [0.717, 1.165) is 18.8 Å². The third kappa shape index (κ3) is 9.89. The maximum Gasteiger partial charge on any atom is 0.0466 e. The molecule has 1 nitrogen and oxygen atoms in total. The fourth-order valence-corrected chi connectivity index (χ4v) is 2.46. The third-order valence-electron chi connectivity index (χ3n) is 4.03. The zero-order valence-corrected chi connectivity index (χ0v) is 16.0. The summed E-state index contributed by atoms with van der Waals surface area (Å²) in [6.45, 7) is 10.5. The van der Waals surface area contributed by atoms with Crippen LogP contribution in [0.2, 0.25) is 0 Å². The van der Waals surface area contributed by atoms with Crippen LogP contribution in [0.5, 0.6) is 0 Å². The zero-order valence-electron chi connectivity index (χ0n) is 16.0. The van der Waals surface area contributed by atoms with Gasteiger partial charge in [-0.1, -0.05) is 107 Å². The van der Waals surface area contributed by atoms with Crippen LogP contribution in [0.25, 0.3) is 5.57 Å². The van der Waals surface area contributed by atoms with Gasteiger partial charge in [0.1, 0.15) is 0 Å². The van der Waals surface area contributed by atoms with Crippen molar-refractivity contribution in [2.75, 3.05) is 13.2 Å². The maximum atomic E-state index is 5.44. The molecule has 0 saturated carbocycles. The number of rotatable bonds is 10. The molecule has 2 rings (SSSR count). The highest BCUT2D eigenvalue weighted by atomic mass is 16.5. The lowest BCUT2D eigenvalue weighted by Crippen LogP contribution is -1.96. The number of hydrogen-bond donors (Lipinski definition) is 0. The molecule has 0 spiro atoms. The molecule has 0 atom stereocenters. The fraction of sp³-hybridized carbons (Fsp3) is 0.417. The maximum absolute atomic E-state index is 5.44. The first-order valence-electron chi connectivity index (χ1n) is 9.67. The smallest absolute Gasteiger partial charge is 0.0466 e. The molecule has 0 heterocycles. The summed E-state index contributed by atoms with van der Waals surface area (Å²) < 4.78 is 5.44. The second-order valence-electron chi connectivity index (χ2n) is 6.24. The fourth-order valence-electron chi connectivity index (χ4n) is 2.46. The molecule has 0 aliphatic carbocycles. The lowest BCUT2D eigenvalue weighted by molar-refractivity contribution is 0.126.